The predicted molar refractivity (Wildman–Crippen MR) is 91.6 cm³/mol. The normalized spacial score (nSPS) is 19.2. The zero-order valence-electron chi connectivity index (χ0n) is 14.6. The fourth-order valence-electron chi connectivity index (χ4n) is 2.70. The monoisotopic (exact) mass is 348 g/mol. The van der Waals surface area contributed by atoms with E-state index in [0.717, 1.165) is 12.1 Å². The smallest absolute Gasteiger partial charge is 0.399 e. The van der Waals surface area contributed by atoms with Crippen LogP contribution in [0.15, 0.2) is 48.5 Å². The van der Waals surface area contributed by atoms with Crippen LogP contribution in [0.5, 0.6) is 0 Å². The molecule has 2 aromatic rings. The number of hydrogen-bond donors (Lipinski definition) is 0. The molecule has 0 bridgehead atoms. The van der Waals surface area contributed by atoms with Crippen LogP contribution in [-0.4, -0.2) is 18.3 Å². The molecule has 132 valence electrons. The van der Waals surface area contributed by atoms with E-state index in [1.165, 1.54) is 36.4 Å². The molecule has 25 heavy (non-hydrogen) atoms. The first kappa shape index (κ1) is 18.0. The second-order valence-corrected chi connectivity index (χ2v) is 7.26. The van der Waals surface area contributed by atoms with Crippen molar-refractivity contribution in [3.63, 3.8) is 0 Å². The van der Waals surface area contributed by atoms with E-state index in [-0.39, 0.29) is 5.56 Å². The predicted octanol–water partition coefficient (Wildman–Crippen LogP) is 4.27. The van der Waals surface area contributed by atoms with Crippen molar-refractivity contribution in [1.29, 1.82) is 0 Å². The lowest BCUT2D eigenvalue weighted by molar-refractivity contribution is 0.00578. The van der Waals surface area contributed by atoms with E-state index < -0.39 is 35.6 Å². The average molecular weight is 348 g/mol. The molecule has 1 saturated heterocycles. The Labute approximate surface area is 146 Å². The van der Waals surface area contributed by atoms with Crippen molar-refractivity contribution in [2.45, 2.75) is 44.8 Å². The highest BCUT2D eigenvalue weighted by Gasteiger charge is 2.51. The van der Waals surface area contributed by atoms with Crippen LogP contribution >= 0.6 is 0 Å². The van der Waals surface area contributed by atoms with Gasteiger partial charge in [-0.05, 0) is 45.3 Å². The first-order valence-electron chi connectivity index (χ1n) is 8.13. The van der Waals surface area contributed by atoms with Crippen LogP contribution in [0.1, 0.15) is 38.8 Å². The highest BCUT2D eigenvalue weighted by molar-refractivity contribution is 6.62. The van der Waals surface area contributed by atoms with E-state index in [9.17, 15) is 13.2 Å². The van der Waals surface area contributed by atoms with Gasteiger partial charge in [0, 0.05) is 5.56 Å². The van der Waals surface area contributed by atoms with E-state index in [2.05, 4.69) is 0 Å². The molecule has 0 radical (unpaired) electrons. The summed E-state index contributed by atoms with van der Waals surface area (Å²) in [7, 11) is -0.624. The van der Waals surface area contributed by atoms with E-state index in [1.54, 1.807) is 0 Å². The molecule has 1 aliphatic heterocycles. The van der Waals surface area contributed by atoms with Crippen molar-refractivity contribution < 1.29 is 22.5 Å². The molecule has 1 fully saturated rings. The van der Waals surface area contributed by atoms with Crippen molar-refractivity contribution in [2.75, 3.05) is 0 Å². The van der Waals surface area contributed by atoms with Gasteiger partial charge in [0.2, 0.25) is 0 Å². The summed E-state index contributed by atoms with van der Waals surface area (Å²) in [4.78, 5) is 0. The van der Waals surface area contributed by atoms with Crippen molar-refractivity contribution in [3.8, 4) is 0 Å². The Balaban J connectivity index is 1.87. The molecule has 0 unspecified atom stereocenters. The van der Waals surface area contributed by atoms with Gasteiger partial charge < -0.3 is 9.31 Å². The van der Waals surface area contributed by atoms with Gasteiger partial charge >= 0.3 is 13.0 Å². The van der Waals surface area contributed by atoms with Gasteiger partial charge in [0.25, 0.3) is 0 Å². The summed E-state index contributed by atoms with van der Waals surface area (Å²) < 4.78 is 54.8. The van der Waals surface area contributed by atoms with Gasteiger partial charge in [-0.2, -0.15) is 8.78 Å². The molecule has 0 aromatic heterocycles. The van der Waals surface area contributed by atoms with Crippen molar-refractivity contribution in [2.24, 2.45) is 0 Å². The zero-order valence-corrected chi connectivity index (χ0v) is 14.6. The topological polar surface area (TPSA) is 18.5 Å². The molecule has 2 aromatic carbocycles. The van der Waals surface area contributed by atoms with Crippen LogP contribution in [0.2, 0.25) is 0 Å². The second kappa shape index (κ2) is 5.89. The van der Waals surface area contributed by atoms with Gasteiger partial charge in [0.15, 0.2) is 0 Å². The third-order valence-corrected chi connectivity index (χ3v) is 5.01. The molecule has 3 rings (SSSR count). The van der Waals surface area contributed by atoms with Crippen LogP contribution in [0, 0.1) is 5.82 Å². The number of rotatable bonds is 3. The Morgan fingerprint density at radius 1 is 0.840 bits per heavy atom. The Bertz CT molecular complexity index is 756. The third kappa shape index (κ3) is 3.09. The first-order chi connectivity index (χ1) is 11.5. The standard InChI is InChI=1S/C19H20BF3O2/c1-17(2)18(3,4)25-20(24-17)14-11-9-13(10-12-14)19(22,23)15-7-5-6-8-16(15)21/h5-12H,1-4H3. The highest BCUT2D eigenvalue weighted by atomic mass is 19.3. The summed E-state index contributed by atoms with van der Waals surface area (Å²) in [5.74, 6) is -4.35. The van der Waals surface area contributed by atoms with E-state index in [4.69, 9.17) is 9.31 Å². The molecular formula is C19H20BF3O2. The van der Waals surface area contributed by atoms with E-state index >= 15 is 0 Å². The highest BCUT2D eigenvalue weighted by Crippen LogP contribution is 2.38. The average Bonchev–Trinajstić information content (AvgIpc) is 2.76. The molecule has 0 atom stereocenters. The Hall–Kier alpha value is -1.79. The fraction of sp³-hybridized carbons (Fsp3) is 0.368. The maximum Gasteiger partial charge on any atom is 0.494 e. The van der Waals surface area contributed by atoms with Gasteiger partial charge in [0.05, 0.1) is 16.8 Å². The number of halogens is 3. The van der Waals surface area contributed by atoms with Crippen molar-refractivity contribution in [1.82, 2.24) is 0 Å². The molecule has 0 N–H and O–H groups in total. The van der Waals surface area contributed by atoms with Crippen LogP contribution in [0.3, 0.4) is 0 Å². The summed E-state index contributed by atoms with van der Waals surface area (Å²) in [5.41, 5.74) is -1.29. The van der Waals surface area contributed by atoms with Crippen LogP contribution < -0.4 is 5.46 Å². The molecule has 0 spiro atoms. The molecule has 6 heteroatoms. The summed E-state index contributed by atoms with van der Waals surface area (Å²) in [6.45, 7) is 7.70. The maximum absolute atomic E-state index is 14.6. The van der Waals surface area contributed by atoms with Gasteiger partial charge in [-0.3, -0.25) is 0 Å². The molecule has 1 aliphatic rings. The SMILES string of the molecule is CC1(C)OB(c2ccc(C(F)(F)c3ccccc3F)cc2)OC1(C)C. The van der Waals surface area contributed by atoms with Crippen molar-refractivity contribution >= 4 is 12.6 Å². The van der Waals surface area contributed by atoms with Gasteiger partial charge in [-0.1, -0.05) is 36.4 Å². The van der Waals surface area contributed by atoms with Crippen LogP contribution in [0.25, 0.3) is 0 Å². The van der Waals surface area contributed by atoms with E-state index in [0.29, 0.717) is 5.46 Å². The quantitative estimate of drug-likeness (QED) is 0.772. The minimum absolute atomic E-state index is 0.280. The summed E-state index contributed by atoms with van der Waals surface area (Å²) in [6, 6.07) is 10.5. The minimum atomic E-state index is -3.42. The third-order valence-electron chi connectivity index (χ3n) is 5.01. The second-order valence-electron chi connectivity index (χ2n) is 7.26. The lowest BCUT2D eigenvalue weighted by Gasteiger charge is -2.32. The number of hydrogen-bond acceptors (Lipinski definition) is 2. The van der Waals surface area contributed by atoms with Gasteiger partial charge in [-0.15, -0.1) is 0 Å². The van der Waals surface area contributed by atoms with Crippen molar-refractivity contribution in [3.05, 3.63) is 65.5 Å². The molecule has 0 amide bonds. The molecular weight excluding hydrogens is 328 g/mol. The molecule has 0 aliphatic carbocycles. The lowest BCUT2D eigenvalue weighted by atomic mass is 9.78. The minimum Gasteiger partial charge on any atom is -0.399 e. The number of benzene rings is 2. The first-order valence-corrected chi connectivity index (χ1v) is 8.13. The largest absolute Gasteiger partial charge is 0.494 e. The molecule has 2 nitrogen and oxygen atoms in total. The Kier molecular flexibility index (Phi) is 4.24. The summed E-state index contributed by atoms with van der Waals surface area (Å²) >= 11 is 0. The lowest BCUT2D eigenvalue weighted by Crippen LogP contribution is -2.41. The Morgan fingerprint density at radius 3 is 1.88 bits per heavy atom. The van der Waals surface area contributed by atoms with Gasteiger partial charge in [0.1, 0.15) is 5.82 Å². The fourth-order valence-corrected chi connectivity index (χ4v) is 2.70. The van der Waals surface area contributed by atoms with Crippen LogP contribution in [0.4, 0.5) is 13.2 Å². The Morgan fingerprint density at radius 2 is 1.36 bits per heavy atom. The summed E-state index contributed by atoms with van der Waals surface area (Å²) in [5, 5.41) is 0. The maximum atomic E-state index is 14.6. The molecule has 0 saturated carbocycles. The summed E-state index contributed by atoms with van der Waals surface area (Å²) in [6.07, 6.45) is 0. The van der Waals surface area contributed by atoms with Crippen LogP contribution in [-0.2, 0) is 15.2 Å². The van der Waals surface area contributed by atoms with E-state index in [1.807, 2.05) is 27.7 Å². The number of alkyl halides is 2. The van der Waals surface area contributed by atoms with Gasteiger partial charge in [-0.25, -0.2) is 4.39 Å². The molecule has 1 heterocycles. The zero-order chi connectivity index (χ0) is 18.5.